The normalized spacial score (nSPS) is 25.8. The first-order valence-corrected chi connectivity index (χ1v) is 4.62. The van der Waals surface area contributed by atoms with Gasteiger partial charge in [0, 0.05) is 26.2 Å². The zero-order valence-electron chi connectivity index (χ0n) is 8.19. The Kier molecular flexibility index (Phi) is 4.06. The minimum absolute atomic E-state index is 0.461. The van der Waals surface area contributed by atoms with Crippen molar-refractivity contribution in [3.8, 4) is 0 Å². The Balaban J connectivity index is 2.33. The summed E-state index contributed by atoms with van der Waals surface area (Å²) in [6.07, 6.45) is -2.25. The largest absolute Gasteiger partial charge is 0.307 e. The topological polar surface area (TPSA) is 15.3 Å². The Morgan fingerprint density at radius 2 is 2.23 bits per heavy atom. The van der Waals surface area contributed by atoms with E-state index in [2.05, 4.69) is 10.2 Å². The first-order chi connectivity index (χ1) is 6.09. The van der Waals surface area contributed by atoms with Gasteiger partial charge < -0.3 is 5.32 Å². The van der Waals surface area contributed by atoms with Crippen molar-refractivity contribution in [2.45, 2.75) is 26.3 Å². The molecule has 0 bridgehead atoms. The number of halogens is 2. The lowest BCUT2D eigenvalue weighted by molar-refractivity contribution is 0.0583. The molecule has 1 saturated heterocycles. The second-order valence-corrected chi connectivity index (χ2v) is 3.84. The van der Waals surface area contributed by atoms with E-state index in [4.69, 9.17) is 0 Å². The van der Waals surface area contributed by atoms with Crippen LogP contribution in [0.15, 0.2) is 0 Å². The van der Waals surface area contributed by atoms with Gasteiger partial charge >= 0.3 is 0 Å². The van der Waals surface area contributed by atoms with Crippen LogP contribution in [0, 0.1) is 5.92 Å². The summed E-state index contributed by atoms with van der Waals surface area (Å²) in [6.45, 7) is 6.89. The molecule has 1 rings (SSSR count). The van der Waals surface area contributed by atoms with Crippen LogP contribution in [-0.2, 0) is 0 Å². The molecule has 1 unspecified atom stereocenters. The molecule has 77 valence electrons. The fourth-order valence-corrected chi connectivity index (χ4v) is 1.60. The Morgan fingerprint density at radius 3 is 2.77 bits per heavy atom. The van der Waals surface area contributed by atoms with E-state index in [0.29, 0.717) is 13.1 Å². The van der Waals surface area contributed by atoms with Crippen LogP contribution in [0.25, 0.3) is 0 Å². The van der Waals surface area contributed by atoms with Crippen molar-refractivity contribution in [2.75, 3.05) is 26.2 Å². The van der Waals surface area contributed by atoms with Crippen molar-refractivity contribution in [1.29, 1.82) is 0 Å². The summed E-state index contributed by atoms with van der Waals surface area (Å²) >= 11 is 0. The van der Waals surface area contributed by atoms with E-state index in [0.717, 1.165) is 13.1 Å². The number of hydrogen-bond acceptors (Lipinski definition) is 2. The predicted octanol–water partition coefficient (Wildman–Crippen LogP) is 1.14. The highest BCUT2D eigenvalue weighted by molar-refractivity contribution is 4.87. The summed E-state index contributed by atoms with van der Waals surface area (Å²) in [5.74, 6) is 1.27. The van der Waals surface area contributed by atoms with Gasteiger partial charge in [0.05, 0.1) is 6.04 Å². The van der Waals surface area contributed by atoms with Gasteiger partial charge in [-0.15, -0.1) is 0 Å². The first kappa shape index (κ1) is 10.9. The van der Waals surface area contributed by atoms with Gasteiger partial charge in [-0.05, 0) is 5.92 Å². The van der Waals surface area contributed by atoms with E-state index in [-0.39, 0.29) is 0 Å². The third-order valence-electron chi connectivity index (χ3n) is 2.13. The van der Waals surface area contributed by atoms with Gasteiger partial charge in [0.2, 0.25) is 0 Å². The minimum Gasteiger partial charge on any atom is -0.307 e. The van der Waals surface area contributed by atoms with Gasteiger partial charge in [0.1, 0.15) is 0 Å². The average Bonchev–Trinajstić information content (AvgIpc) is 2.03. The minimum atomic E-state index is -2.25. The van der Waals surface area contributed by atoms with Crippen LogP contribution in [0.1, 0.15) is 13.8 Å². The third kappa shape index (κ3) is 3.56. The van der Waals surface area contributed by atoms with E-state index < -0.39 is 12.5 Å². The fraction of sp³-hybridized carbons (Fsp3) is 0.889. The van der Waals surface area contributed by atoms with Crippen LogP contribution in [0.3, 0.4) is 0 Å². The monoisotopic (exact) mass is 191 g/mol. The number of hydrogen-bond donors (Lipinski definition) is 1. The van der Waals surface area contributed by atoms with Crippen LogP contribution in [0.5, 0.6) is 0 Å². The molecule has 1 atom stereocenters. The lowest BCUT2D eigenvalue weighted by atomic mass is 10.1. The Bertz CT molecular complexity index is 151. The van der Waals surface area contributed by atoms with Crippen molar-refractivity contribution in [1.82, 2.24) is 10.2 Å². The van der Waals surface area contributed by atoms with Crippen molar-refractivity contribution < 1.29 is 8.78 Å². The second kappa shape index (κ2) is 4.86. The molecule has 0 aromatic heterocycles. The van der Waals surface area contributed by atoms with Gasteiger partial charge in [0.15, 0.2) is 0 Å². The van der Waals surface area contributed by atoms with Crippen molar-refractivity contribution in [2.24, 2.45) is 0 Å². The number of nitrogens with zero attached hydrogens (tertiary/aromatic N) is 1. The molecule has 1 aliphatic heterocycles. The number of nitrogens with one attached hydrogen (secondary N) is 1. The molecule has 1 heterocycles. The summed E-state index contributed by atoms with van der Waals surface area (Å²) in [6, 6.07) is -0.645. The zero-order valence-corrected chi connectivity index (χ0v) is 8.19. The molecule has 2 nitrogen and oxygen atoms in total. The van der Waals surface area contributed by atoms with Crippen molar-refractivity contribution >= 4 is 0 Å². The van der Waals surface area contributed by atoms with Gasteiger partial charge in [-0.3, -0.25) is 4.90 Å². The SMILES string of the molecule is C[C](C)CN1CCNC(C(F)F)C1. The molecule has 0 spiro atoms. The maximum absolute atomic E-state index is 12.3. The molecule has 0 aromatic carbocycles. The number of alkyl halides is 2. The average molecular weight is 191 g/mol. The maximum atomic E-state index is 12.3. The fourth-order valence-electron chi connectivity index (χ4n) is 1.60. The summed E-state index contributed by atoms with van der Waals surface area (Å²) < 4.78 is 24.7. The third-order valence-corrected chi connectivity index (χ3v) is 2.13. The number of piperazine rings is 1. The first-order valence-electron chi connectivity index (χ1n) is 4.62. The molecule has 1 radical (unpaired) electrons. The summed E-state index contributed by atoms with van der Waals surface area (Å²) in [5, 5.41) is 2.82. The summed E-state index contributed by atoms with van der Waals surface area (Å²) in [5.41, 5.74) is 0. The highest BCUT2D eigenvalue weighted by Gasteiger charge is 2.26. The van der Waals surface area contributed by atoms with E-state index in [1.807, 2.05) is 13.8 Å². The molecule has 0 aliphatic carbocycles. The Labute approximate surface area is 78.3 Å². The molecule has 1 aliphatic rings. The van der Waals surface area contributed by atoms with E-state index >= 15 is 0 Å². The highest BCUT2D eigenvalue weighted by Crippen LogP contribution is 2.09. The quantitative estimate of drug-likeness (QED) is 0.719. The standard InChI is InChI=1S/C9H17F2N2/c1-7(2)5-13-4-3-12-8(6-13)9(10)11/h8-9,12H,3-6H2,1-2H3. The van der Waals surface area contributed by atoms with Crippen LogP contribution in [0.4, 0.5) is 8.78 Å². The maximum Gasteiger partial charge on any atom is 0.254 e. The lowest BCUT2D eigenvalue weighted by Crippen LogP contribution is -2.54. The molecular formula is C9H17F2N2. The van der Waals surface area contributed by atoms with E-state index in [1.165, 1.54) is 5.92 Å². The predicted molar refractivity (Wildman–Crippen MR) is 48.8 cm³/mol. The van der Waals surface area contributed by atoms with Gasteiger partial charge in [-0.1, -0.05) is 13.8 Å². The van der Waals surface area contributed by atoms with Gasteiger partial charge in [0.25, 0.3) is 6.43 Å². The molecular weight excluding hydrogens is 174 g/mol. The van der Waals surface area contributed by atoms with Crippen LogP contribution in [0.2, 0.25) is 0 Å². The molecule has 13 heavy (non-hydrogen) atoms. The van der Waals surface area contributed by atoms with Crippen LogP contribution < -0.4 is 5.32 Å². The van der Waals surface area contributed by atoms with E-state index in [1.54, 1.807) is 0 Å². The molecule has 0 amide bonds. The number of rotatable bonds is 3. The van der Waals surface area contributed by atoms with Crippen LogP contribution in [-0.4, -0.2) is 43.5 Å². The molecule has 4 heteroatoms. The Morgan fingerprint density at radius 1 is 1.54 bits per heavy atom. The highest BCUT2D eigenvalue weighted by atomic mass is 19.3. The molecule has 0 saturated carbocycles. The summed E-state index contributed by atoms with van der Waals surface area (Å²) in [7, 11) is 0. The lowest BCUT2D eigenvalue weighted by Gasteiger charge is -2.33. The van der Waals surface area contributed by atoms with Crippen LogP contribution >= 0.6 is 0 Å². The second-order valence-electron chi connectivity index (χ2n) is 3.84. The van der Waals surface area contributed by atoms with Crippen molar-refractivity contribution in [3.05, 3.63) is 5.92 Å². The summed E-state index contributed by atoms with van der Waals surface area (Å²) in [4.78, 5) is 2.07. The molecule has 0 aromatic rings. The van der Waals surface area contributed by atoms with Gasteiger partial charge in [-0.2, -0.15) is 0 Å². The Hall–Kier alpha value is -0.220. The van der Waals surface area contributed by atoms with E-state index in [9.17, 15) is 8.78 Å². The zero-order chi connectivity index (χ0) is 9.84. The smallest absolute Gasteiger partial charge is 0.254 e. The molecule has 1 N–H and O–H groups in total. The van der Waals surface area contributed by atoms with Gasteiger partial charge in [-0.25, -0.2) is 8.78 Å². The molecule has 1 fully saturated rings. The van der Waals surface area contributed by atoms with Crippen molar-refractivity contribution in [3.63, 3.8) is 0 Å².